The number of esters is 1. The van der Waals surface area contributed by atoms with Crippen molar-refractivity contribution in [3.63, 3.8) is 0 Å². The molecule has 1 aliphatic heterocycles. The van der Waals surface area contributed by atoms with Crippen molar-refractivity contribution in [2.75, 3.05) is 25.7 Å². The van der Waals surface area contributed by atoms with Crippen LogP contribution in [0.25, 0.3) is 11.0 Å². The van der Waals surface area contributed by atoms with E-state index in [1.807, 2.05) is 48.5 Å². The van der Waals surface area contributed by atoms with Crippen molar-refractivity contribution in [1.82, 2.24) is 9.55 Å². The molecule has 0 fully saturated rings. The van der Waals surface area contributed by atoms with Crippen LogP contribution in [0.2, 0.25) is 0 Å². The van der Waals surface area contributed by atoms with Gasteiger partial charge in [0.15, 0.2) is 5.71 Å². The summed E-state index contributed by atoms with van der Waals surface area (Å²) >= 11 is 0. The smallest absolute Gasteiger partial charge is 0.337 e. The van der Waals surface area contributed by atoms with Crippen LogP contribution < -0.4 is 4.90 Å². The van der Waals surface area contributed by atoms with Crippen LogP contribution in [0.3, 0.4) is 0 Å². The van der Waals surface area contributed by atoms with Crippen molar-refractivity contribution >= 4 is 34.3 Å². The number of hydrogen-bond acceptors (Lipinski definition) is 7. The number of carbonyl (C=O) groups is 2. The highest BCUT2D eigenvalue weighted by Crippen LogP contribution is 2.31. The van der Waals surface area contributed by atoms with E-state index in [0.29, 0.717) is 24.3 Å². The molecule has 9 nitrogen and oxygen atoms in total. The highest BCUT2D eigenvalue weighted by molar-refractivity contribution is 6.54. The van der Waals surface area contributed by atoms with E-state index in [1.54, 1.807) is 36.3 Å². The van der Waals surface area contributed by atoms with Crippen LogP contribution in [0, 0.1) is 0 Å². The first-order valence-corrected chi connectivity index (χ1v) is 12.3. The average molecular weight is 513 g/mol. The lowest BCUT2D eigenvalue weighted by molar-refractivity contribution is -0.112. The number of methoxy groups -OCH3 is 2. The molecule has 5 rings (SSSR count). The number of nitrogens with zero attached hydrogens (tertiary/aromatic N) is 4. The Morgan fingerprint density at radius 3 is 2.53 bits per heavy atom. The zero-order valence-corrected chi connectivity index (χ0v) is 21.3. The molecule has 2 heterocycles. The summed E-state index contributed by atoms with van der Waals surface area (Å²) in [5.74, 6) is 0.138. The number of oxime groups is 1. The van der Waals surface area contributed by atoms with E-state index in [4.69, 9.17) is 19.3 Å². The second kappa shape index (κ2) is 11.3. The molecule has 0 unspecified atom stereocenters. The third-order valence-corrected chi connectivity index (χ3v) is 6.42. The standard InChI is InChI=1S/C29H28N4O5/c1-36-17-7-16-32-25-11-6-4-9-23(25)30-26(32)18-33-24-10-5-3-8-22(24)27(28(33)34)31-38-19-20-12-14-21(15-13-20)29(35)37-2/h3-6,8-15H,7,16-19H2,1-2H3/b31-27+. The van der Waals surface area contributed by atoms with E-state index < -0.39 is 5.97 Å². The number of aromatic nitrogens is 2. The Morgan fingerprint density at radius 1 is 0.974 bits per heavy atom. The van der Waals surface area contributed by atoms with Gasteiger partial charge in [-0.1, -0.05) is 47.6 Å². The first-order chi connectivity index (χ1) is 18.6. The van der Waals surface area contributed by atoms with Crippen LogP contribution in [0.4, 0.5) is 5.69 Å². The highest BCUT2D eigenvalue weighted by atomic mass is 16.6. The minimum Gasteiger partial charge on any atom is -0.465 e. The molecule has 0 aliphatic carbocycles. The number of amides is 1. The SMILES string of the molecule is COCCCn1c(CN2C(=O)/C(=N/OCc3ccc(C(=O)OC)cc3)c3ccccc32)nc2ccccc21. The van der Waals surface area contributed by atoms with Crippen molar-refractivity contribution in [2.24, 2.45) is 5.16 Å². The Bertz CT molecular complexity index is 1490. The lowest BCUT2D eigenvalue weighted by atomic mass is 10.1. The molecule has 4 aromatic rings. The third-order valence-electron chi connectivity index (χ3n) is 6.42. The summed E-state index contributed by atoms with van der Waals surface area (Å²) in [6, 6.07) is 22.3. The van der Waals surface area contributed by atoms with E-state index in [1.165, 1.54) is 7.11 Å². The van der Waals surface area contributed by atoms with Crippen LogP contribution >= 0.6 is 0 Å². The molecule has 9 heteroatoms. The number of fused-ring (bicyclic) bond motifs is 2. The Kier molecular flexibility index (Phi) is 7.46. The maximum atomic E-state index is 13.6. The molecule has 0 radical (unpaired) electrons. The van der Waals surface area contributed by atoms with Crippen molar-refractivity contribution in [3.8, 4) is 0 Å². The largest absolute Gasteiger partial charge is 0.465 e. The van der Waals surface area contributed by atoms with E-state index in [2.05, 4.69) is 9.72 Å². The van der Waals surface area contributed by atoms with Gasteiger partial charge in [0.05, 0.1) is 35.9 Å². The van der Waals surface area contributed by atoms with Crippen LogP contribution in [-0.4, -0.2) is 48.0 Å². The molecule has 38 heavy (non-hydrogen) atoms. The van der Waals surface area contributed by atoms with Gasteiger partial charge in [-0.25, -0.2) is 9.78 Å². The average Bonchev–Trinajstić information content (AvgIpc) is 3.43. The Balaban J connectivity index is 1.37. The van der Waals surface area contributed by atoms with Gasteiger partial charge in [0.25, 0.3) is 5.91 Å². The minimum atomic E-state index is -0.404. The number of hydrogen-bond donors (Lipinski definition) is 0. The van der Waals surface area contributed by atoms with Gasteiger partial charge in [-0.3, -0.25) is 9.69 Å². The molecular formula is C29H28N4O5. The molecule has 194 valence electrons. The Morgan fingerprint density at radius 2 is 1.74 bits per heavy atom. The highest BCUT2D eigenvalue weighted by Gasteiger charge is 2.35. The lowest BCUT2D eigenvalue weighted by Gasteiger charge is -2.17. The second-order valence-electron chi connectivity index (χ2n) is 8.83. The Labute approximate surface area is 220 Å². The summed E-state index contributed by atoms with van der Waals surface area (Å²) in [5, 5.41) is 4.22. The normalized spacial score (nSPS) is 13.8. The van der Waals surface area contributed by atoms with Gasteiger partial charge in [-0.15, -0.1) is 0 Å². The fraction of sp³-hybridized carbons (Fsp3) is 0.241. The lowest BCUT2D eigenvalue weighted by Crippen LogP contribution is -2.31. The molecule has 1 aliphatic rings. The summed E-state index contributed by atoms with van der Waals surface area (Å²) in [4.78, 5) is 37.3. The number of anilines is 1. The molecule has 0 atom stereocenters. The monoisotopic (exact) mass is 512 g/mol. The molecule has 1 amide bonds. The fourth-order valence-corrected chi connectivity index (χ4v) is 4.54. The topological polar surface area (TPSA) is 95.2 Å². The maximum Gasteiger partial charge on any atom is 0.337 e. The van der Waals surface area contributed by atoms with Crippen molar-refractivity contribution in [3.05, 3.63) is 95.3 Å². The molecule has 0 spiro atoms. The van der Waals surface area contributed by atoms with E-state index in [9.17, 15) is 9.59 Å². The summed E-state index contributed by atoms with van der Waals surface area (Å²) in [7, 11) is 3.03. The van der Waals surface area contributed by atoms with Crippen molar-refractivity contribution < 1.29 is 23.9 Å². The van der Waals surface area contributed by atoms with Crippen LogP contribution in [-0.2, 0) is 38.8 Å². The summed E-state index contributed by atoms with van der Waals surface area (Å²) in [6.07, 6.45) is 0.829. The van der Waals surface area contributed by atoms with Crippen LogP contribution in [0.5, 0.6) is 0 Å². The molecule has 0 N–H and O–H groups in total. The number of carbonyl (C=O) groups excluding carboxylic acids is 2. The number of benzene rings is 3. The number of para-hydroxylation sites is 3. The number of imidazole rings is 1. The van der Waals surface area contributed by atoms with E-state index in [0.717, 1.165) is 41.1 Å². The van der Waals surface area contributed by atoms with E-state index in [-0.39, 0.29) is 18.2 Å². The third kappa shape index (κ3) is 5.01. The minimum absolute atomic E-state index is 0.149. The van der Waals surface area contributed by atoms with Crippen LogP contribution in [0.15, 0.2) is 78.0 Å². The predicted molar refractivity (Wildman–Crippen MR) is 143 cm³/mol. The zero-order valence-electron chi connectivity index (χ0n) is 21.3. The van der Waals surface area contributed by atoms with E-state index >= 15 is 0 Å². The molecule has 0 saturated heterocycles. The predicted octanol–water partition coefficient (Wildman–Crippen LogP) is 4.33. The Hall–Kier alpha value is -4.50. The molecule has 3 aromatic carbocycles. The van der Waals surface area contributed by atoms with Gasteiger partial charge in [-0.05, 0) is 42.3 Å². The number of aryl methyl sites for hydroxylation is 1. The first kappa shape index (κ1) is 25.2. The number of rotatable bonds is 10. The van der Waals surface area contributed by atoms with Gasteiger partial charge in [-0.2, -0.15) is 0 Å². The quantitative estimate of drug-likeness (QED) is 0.178. The summed E-state index contributed by atoms with van der Waals surface area (Å²) in [5.41, 5.74) is 4.88. The van der Waals surface area contributed by atoms with Gasteiger partial charge in [0.2, 0.25) is 0 Å². The zero-order chi connectivity index (χ0) is 26.5. The maximum absolute atomic E-state index is 13.6. The second-order valence-corrected chi connectivity index (χ2v) is 8.83. The van der Waals surface area contributed by atoms with Crippen molar-refractivity contribution in [2.45, 2.75) is 26.1 Å². The van der Waals surface area contributed by atoms with Gasteiger partial charge < -0.3 is 18.9 Å². The van der Waals surface area contributed by atoms with Gasteiger partial charge >= 0.3 is 5.97 Å². The molecule has 0 saturated carbocycles. The fourth-order valence-electron chi connectivity index (χ4n) is 4.54. The van der Waals surface area contributed by atoms with Crippen LogP contribution in [0.1, 0.15) is 33.7 Å². The molecular weight excluding hydrogens is 484 g/mol. The van der Waals surface area contributed by atoms with Gasteiger partial charge in [0.1, 0.15) is 12.4 Å². The molecule has 1 aromatic heterocycles. The first-order valence-electron chi connectivity index (χ1n) is 12.3. The van der Waals surface area contributed by atoms with Crippen molar-refractivity contribution in [1.29, 1.82) is 0 Å². The summed E-state index contributed by atoms with van der Waals surface area (Å²) < 4.78 is 12.1. The molecule has 0 bridgehead atoms. The number of ether oxygens (including phenoxy) is 2. The van der Waals surface area contributed by atoms with Gasteiger partial charge in [0, 0.05) is 25.8 Å². The summed E-state index contributed by atoms with van der Waals surface area (Å²) in [6.45, 7) is 1.81.